The summed E-state index contributed by atoms with van der Waals surface area (Å²) in [6, 6.07) is 53.6. The normalized spacial score (nSPS) is 12.6. The van der Waals surface area contributed by atoms with Gasteiger partial charge in [0, 0.05) is 39.0 Å². The number of hydrogen-bond acceptors (Lipinski definition) is 5. The van der Waals surface area contributed by atoms with E-state index < -0.39 is 0 Å². The first-order valence-corrected chi connectivity index (χ1v) is 31.0. The summed E-state index contributed by atoms with van der Waals surface area (Å²) in [4.78, 5) is 0. The molecule has 5 aromatic carbocycles. The van der Waals surface area contributed by atoms with Crippen LogP contribution < -0.4 is 0 Å². The maximum atomic E-state index is 9.18. The number of aryl methyl sites for hydroxylation is 2. The lowest BCUT2D eigenvalue weighted by atomic mass is 9.86. The fourth-order valence-corrected chi connectivity index (χ4v) is 9.23. The minimum Gasteiger partial charge on any atom is -0.198 e. The van der Waals surface area contributed by atoms with Gasteiger partial charge in [0.25, 0.3) is 0 Å². The number of nitrogens with zero attached hydrogens (tertiary/aromatic N) is 5. The van der Waals surface area contributed by atoms with Crippen molar-refractivity contribution in [2.75, 3.05) is 0 Å². The Hall–Kier alpha value is -4.05. The van der Waals surface area contributed by atoms with Gasteiger partial charge in [0.2, 0.25) is 0 Å². The number of rotatable bonds is 21. The zero-order chi connectivity index (χ0) is 54.4. The molecule has 388 valence electrons. The molecule has 0 fully saturated rings. The summed E-state index contributed by atoms with van der Waals surface area (Å²) in [5.74, 6) is 1.64. The molecule has 0 aliphatic heterocycles. The number of halogens is 5. The molecule has 0 aromatic heterocycles. The molecule has 6 unspecified atom stereocenters. The van der Waals surface area contributed by atoms with E-state index in [4.69, 9.17) is 21.0 Å². The molecule has 0 spiro atoms. The summed E-state index contributed by atoms with van der Waals surface area (Å²) in [5.41, 5.74) is 12.4. The smallest absolute Gasteiger partial charge is 0.0738 e. The van der Waals surface area contributed by atoms with Crippen LogP contribution in [0.5, 0.6) is 0 Å². The van der Waals surface area contributed by atoms with Crippen molar-refractivity contribution in [1.29, 1.82) is 26.3 Å². The number of hydrogen-bond donors (Lipinski definition) is 0. The predicted octanol–water partition coefficient (Wildman–Crippen LogP) is 20.2. The lowest BCUT2D eigenvalue weighted by Crippen LogP contribution is -2.07. The minimum atomic E-state index is 0.0222. The monoisotopic (exact) mass is 1300 g/mol. The first kappa shape index (κ1) is 67.0. The van der Waals surface area contributed by atoms with E-state index in [1.807, 2.05) is 31.2 Å². The van der Waals surface area contributed by atoms with Crippen molar-refractivity contribution in [3.8, 4) is 30.3 Å². The van der Waals surface area contributed by atoms with Crippen molar-refractivity contribution in [3.05, 3.63) is 177 Å². The standard InChI is InChI=1S/3C13H16BrN.2C12H14BrN/c1-10(2)6-13(9-15)12-5-3-4-11(7-12)8-14;1-3-10(2)13(9-15)12-6-4-11(8-14)5-7-12;1-3-10(2)13(9-15)12-6-4-5-11(7-12)8-14;1-10(9-14)2-3-11-4-6-12(8-13)7-5-11;13-10-12-7-5-11(6-8-12)4-2-1-3-9-14/h3-5,7,10,13H,6,8H2,1-2H3;2*4-7,10,13H,3,8H2,1-2H3;4-7,10H,2-3,8H2,1H3;5-8H,1-4,10H2. The van der Waals surface area contributed by atoms with Gasteiger partial charge in [0.15, 0.2) is 0 Å². The summed E-state index contributed by atoms with van der Waals surface area (Å²) >= 11 is 17.1. The van der Waals surface area contributed by atoms with Crippen molar-refractivity contribution < 1.29 is 0 Å². The molecule has 0 heterocycles. The maximum Gasteiger partial charge on any atom is 0.0738 e. The third kappa shape index (κ3) is 27.9. The average Bonchev–Trinajstić information content (AvgIpc) is 3.44. The van der Waals surface area contributed by atoms with Gasteiger partial charge in [-0.2, -0.15) is 26.3 Å². The van der Waals surface area contributed by atoms with Gasteiger partial charge in [0.05, 0.1) is 48.1 Å². The fourth-order valence-electron chi connectivity index (χ4n) is 7.41. The van der Waals surface area contributed by atoms with Crippen molar-refractivity contribution in [2.45, 2.75) is 151 Å². The highest BCUT2D eigenvalue weighted by Crippen LogP contribution is 2.29. The molecule has 5 aromatic rings. The zero-order valence-electron chi connectivity index (χ0n) is 44.1. The Balaban J connectivity index is 0.000000456. The van der Waals surface area contributed by atoms with E-state index in [1.54, 1.807) is 0 Å². The highest BCUT2D eigenvalue weighted by atomic mass is 79.9. The van der Waals surface area contributed by atoms with E-state index in [2.05, 4.69) is 249 Å². The van der Waals surface area contributed by atoms with E-state index in [0.717, 1.165) is 94.7 Å². The number of alkyl halides is 5. The molecule has 6 atom stereocenters. The Morgan fingerprint density at radius 2 is 0.836 bits per heavy atom. The summed E-state index contributed by atoms with van der Waals surface area (Å²) in [5, 5.41) is 48.9. The van der Waals surface area contributed by atoms with Gasteiger partial charge in [-0.05, 0) is 119 Å². The van der Waals surface area contributed by atoms with Crippen LogP contribution in [0.4, 0.5) is 0 Å². The van der Waals surface area contributed by atoms with Crippen molar-refractivity contribution in [3.63, 3.8) is 0 Å². The van der Waals surface area contributed by atoms with Crippen LogP contribution in [0.1, 0.15) is 167 Å². The van der Waals surface area contributed by atoms with Crippen LogP contribution in [-0.2, 0) is 39.5 Å². The fraction of sp³-hybridized carbons (Fsp3) is 0.444. The SMILES string of the molecule is CC(C#N)CCc1ccc(CBr)cc1.CC(C)CC(C#N)c1cccc(CBr)c1.CCC(C)C(C#N)c1ccc(CBr)cc1.CCC(C)C(C#N)c1cccc(CBr)c1.N#CCCCCc1ccc(CBr)cc1. The lowest BCUT2D eigenvalue weighted by Gasteiger charge is -2.16. The number of nitriles is 5. The second kappa shape index (κ2) is 41.2. The molecule has 0 aliphatic rings. The highest BCUT2D eigenvalue weighted by molar-refractivity contribution is 9.09. The Bertz CT molecular complexity index is 2460. The van der Waals surface area contributed by atoms with Crippen LogP contribution in [0, 0.1) is 80.3 Å². The van der Waals surface area contributed by atoms with Gasteiger partial charge in [-0.15, -0.1) is 0 Å². The molecule has 0 amide bonds. The Morgan fingerprint density at radius 3 is 1.23 bits per heavy atom. The summed E-state index contributed by atoms with van der Waals surface area (Å²) in [6.07, 6.45) is 8.85. The first-order chi connectivity index (χ1) is 35.2. The van der Waals surface area contributed by atoms with Gasteiger partial charge >= 0.3 is 0 Å². The molecular weight excluding hydrogens is 1230 g/mol. The largest absolute Gasteiger partial charge is 0.198 e. The second-order valence-electron chi connectivity index (χ2n) is 18.8. The van der Waals surface area contributed by atoms with Gasteiger partial charge in [-0.3, -0.25) is 0 Å². The van der Waals surface area contributed by atoms with Crippen LogP contribution in [0.25, 0.3) is 0 Å². The third-order valence-corrected chi connectivity index (χ3v) is 15.7. The van der Waals surface area contributed by atoms with Crippen molar-refractivity contribution in [1.82, 2.24) is 0 Å². The molecule has 73 heavy (non-hydrogen) atoms. The second-order valence-corrected chi connectivity index (χ2v) is 21.6. The van der Waals surface area contributed by atoms with Crippen molar-refractivity contribution >= 4 is 79.6 Å². The quantitative estimate of drug-likeness (QED) is 0.0535. The van der Waals surface area contributed by atoms with Crippen molar-refractivity contribution in [2.24, 2.45) is 23.7 Å². The molecule has 5 nitrogen and oxygen atoms in total. The molecule has 0 bridgehead atoms. The molecule has 0 radical (unpaired) electrons. The molecule has 5 rings (SSSR count). The van der Waals surface area contributed by atoms with Crippen LogP contribution in [0.3, 0.4) is 0 Å². The molecule has 10 heteroatoms. The molecule has 0 aliphatic carbocycles. The van der Waals surface area contributed by atoms with Gasteiger partial charge in [0.1, 0.15) is 0 Å². The van der Waals surface area contributed by atoms with Gasteiger partial charge in [-0.25, -0.2) is 0 Å². The number of benzene rings is 5. The van der Waals surface area contributed by atoms with E-state index in [9.17, 15) is 5.26 Å². The summed E-state index contributed by atoms with van der Waals surface area (Å²) in [7, 11) is 0. The zero-order valence-corrected chi connectivity index (χ0v) is 52.0. The van der Waals surface area contributed by atoms with Gasteiger partial charge < -0.3 is 0 Å². The number of unbranched alkanes of at least 4 members (excludes halogenated alkanes) is 2. The Kier molecular flexibility index (Phi) is 37.8. The van der Waals surface area contributed by atoms with E-state index in [-0.39, 0.29) is 23.7 Å². The van der Waals surface area contributed by atoms with Crippen LogP contribution in [-0.4, -0.2) is 0 Å². The lowest BCUT2D eigenvalue weighted by molar-refractivity contribution is 0.514. The molecule has 0 N–H and O–H groups in total. The van der Waals surface area contributed by atoms with Crippen LogP contribution in [0.15, 0.2) is 121 Å². The van der Waals surface area contributed by atoms with Crippen LogP contribution >= 0.6 is 79.6 Å². The summed E-state index contributed by atoms with van der Waals surface area (Å²) < 4.78 is 0. The Morgan fingerprint density at radius 1 is 0.425 bits per heavy atom. The Labute approximate surface area is 483 Å². The van der Waals surface area contributed by atoms with E-state index in [0.29, 0.717) is 24.2 Å². The molecule has 0 saturated heterocycles. The summed E-state index contributed by atoms with van der Waals surface area (Å²) in [6.45, 7) is 14.8. The molecule has 0 saturated carbocycles. The molecular formula is C63H76Br5N5. The maximum absolute atomic E-state index is 9.18. The minimum absolute atomic E-state index is 0.0222. The van der Waals surface area contributed by atoms with E-state index >= 15 is 0 Å². The topological polar surface area (TPSA) is 119 Å². The highest BCUT2D eigenvalue weighted by Gasteiger charge is 2.18. The van der Waals surface area contributed by atoms with Crippen LogP contribution in [0.2, 0.25) is 0 Å². The van der Waals surface area contributed by atoms with E-state index in [1.165, 1.54) is 38.9 Å². The first-order valence-electron chi connectivity index (χ1n) is 25.4. The average molecular weight is 1300 g/mol. The third-order valence-electron chi connectivity index (χ3n) is 12.5. The van der Waals surface area contributed by atoms with Gasteiger partial charge in [-0.1, -0.05) is 255 Å². The predicted molar refractivity (Wildman–Crippen MR) is 325 cm³/mol.